The Morgan fingerprint density at radius 3 is 2.52 bits per heavy atom. The van der Waals surface area contributed by atoms with Gasteiger partial charge in [-0.3, -0.25) is 4.72 Å². The van der Waals surface area contributed by atoms with E-state index in [9.17, 15) is 8.42 Å². The Morgan fingerprint density at radius 2 is 1.95 bits per heavy atom. The summed E-state index contributed by atoms with van der Waals surface area (Å²) in [4.78, 5) is 0. The van der Waals surface area contributed by atoms with Gasteiger partial charge in [0.1, 0.15) is 5.75 Å². The van der Waals surface area contributed by atoms with Gasteiger partial charge >= 0.3 is 0 Å². The van der Waals surface area contributed by atoms with Crippen LogP contribution < -0.4 is 9.46 Å². The van der Waals surface area contributed by atoms with Crippen LogP contribution in [0, 0.1) is 5.92 Å². The zero-order chi connectivity index (χ0) is 15.5. The number of nitrogens with one attached hydrogen (secondary N) is 1. The van der Waals surface area contributed by atoms with Gasteiger partial charge in [-0.05, 0) is 72.7 Å². The fourth-order valence-electron chi connectivity index (χ4n) is 2.44. The van der Waals surface area contributed by atoms with E-state index in [2.05, 4.69) is 27.6 Å². The summed E-state index contributed by atoms with van der Waals surface area (Å²) in [7, 11) is -3.25. The fourth-order valence-corrected chi connectivity index (χ4v) is 3.54. The minimum Gasteiger partial charge on any atom is -0.489 e. The van der Waals surface area contributed by atoms with Crippen molar-refractivity contribution < 1.29 is 13.2 Å². The summed E-state index contributed by atoms with van der Waals surface area (Å²) in [5, 5.41) is 0. The standard InChI is InChI=1S/C15H22BrNO3S/c1-3-21(18,19)17-12-6-9-15(14(16)10-12)20-13-7-4-11(2)5-8-13/h6,9-11,13,17H,3-5,7-8H2,1-2H3/t11-,13-. The number of rotatable bonds is 5. The van der Waals surface area contributed by atoms with E-state index in [0.717, 1.165) is 29.0 Å². The maximum absolute atomic E-state index is 11.6. The Morgan fingerprint density at radius 1 is 1.29 bits per heavy atom. The molecule has 0 spiro atoms. The third kappa shape index (κ3) is 4.88. The van der Waals surface area contributed by atoms with E-state index < -0.39 is 10.0 Å². The quantitative estimate of drug-likeness (QED) is 0.839. The molecule has 6 heteroatoms. The molecule has 1 fully saturated rings. The van der Waals surface area contributed by atoms with Gasteiger partial charge in [0.2, 0.25) is 10.0 Å². The highest BCUT2D eigenvalue weighted by atomic mass is 79.9. The van der Waals surface area contributed by atoms with Crippen LogP contribution in [0.25, 0.3) is 0 Å². The van der Waals surface area contributed by atoms with E-state index in [0.29, 0.717) is 5.69 Å². The molecule has 0 saturated heterocycles. The molecule has 0 radical (unpaired) electrons. The lowest BCUT2D eigenvalue weighted by Gasteiger charge is -2.27. The first-order valence-corrected chi connectivity index (χ1v) is 9.81. The maximum atomic E-state index is 11.6. The second-order valence-electron chi connectivity index (χ2n) is 5.65. The van der Waals surface area contributed by atoms with Gasteiger partial charge in [0, 0.05) is 5.69 Å². The van der Waals surface area contributed by atoms with Gasteiger partial charge in [-0.1, -0.05) is 6.92 Å². The van der Waals surface area contributed by atoms with Crippen molar-refractivity contribution in [1.29, 1.82) is 0 Å². The largest absolute Gasteiger partial charge is 0.489 e. The molecule has 0 amide bonds. The number of benzene rings is 1. The first-order valence-electron chi connectivity index (χ1n) is 7.36. The van der Waals surface area contributed by atoms with E-state index in [1.54, 1.807) is 19.1 Å². The molecule has 0 bridgehead atoms. The SMILES string of the molecule is CCS(=O)(=O)Nc1ccc(O[C@H]2CC[C@H](C)CC2)c(Br)c1. The highest BCUT2D eigenvalue weighted by Gasteiger charge is 2.20. The van der Waals surface area contributed by atoms with Crippen molar-refractivity contribution in [2.75, 3.05) is 10.5 Å². The van der Waals surface area contributed by atoms with Crippen molar-refractivity contribution in [3.05, 3.63) is 22.7 Å². The van der Waals surface area contributed by atoms with Crippen molar-refractivity contribution in [1.82, 2.24) is 0 Å². The molecule has 118 valence electrons. The summed E-state index contributed by atoms with van der Waals surface area (Å²) in [6, 6.07) is 5.29. The minimum atomic E-state index is -3.25. The highest BCUT2D eigenvalue weighted by Crippen LogP contribution is 2.33. The first kappa shape index (κ1) is 16.6. The zero-order valence-electron chi connectivity index (χ0n) is 12.4. The predicted octanol–water partition coefficient (Wildman–Crippen LogP) is 4.17. The first-order chi connectivity index (χ1) is 9.89. The van der Waals surface area contributed by atoms with E-state index in [1.165, 1.54) is 12.8 Å². The summed E-state index contributed by atoms with van der Waals surface area (Å²) < 4.78 is 32.4. The van der Waals surface area contributed by atoms with Gasteiger partial charge in [0.05, 0.1) is 16.3 Å². The van der Waals surface area contributed by atoms with Crippen LogP contribution >= 0.6 is 15.9 Å². The topological polar surface area (TPSA) is 55.4 Å². The lowest BCUT2D eigenvalue weighted by atomic mass is 9.89. The third-order valence-corrected chi connectivity index (χ3v) is 5.77. The minimum absolute atomic E-state index is 0.0587. The third-order valence-electron chi connectivity index (χ3n) is 3.84. The Labute approximate surface area is 135 Å². The predicted molar refractivity (Wildman–Crippen MR) is 89.3 cm³/mol. The Kier molecular flexibility index (Phi) is 5.54. The Balaban J connectivity index is 2.02. The number of hydrogen-bond acceptors (Lipinski definition) is 3. The van der Waals surface area contributed by atoms with Gasteiger partial charge in [-0.15, -0.1) is 0 Å². The molecular formula is C15H22BrNO3S. The smallest absolute Gasteiger partial charge is 0.232 e. The molecule has 0 unspecified atom stereocenters. The molecule has 2 rings (SSSR count). The average molecular weight is 376 g/mol. The molecule has 4 nitrogen and oxygen atoms in total. The van der Waals surface area contributed by atoms with Crippen molar-refractivity contribution in [2.24, 2.45) is 5.92 Å². The zero-order valence-corrected chi connectivity index (χ0v) is 14.8. The van der Waals surface area contributed by atoms with Gasteiger partial charge in [0.25, 0.3) is 0 Å². The lowest BCUT2D eigenvalue weighted by molar-refractivity contribution is 0.134. The van der Waals surface area contributed by atoms with Gasteiger partial charge in [0.15, 0.2) is 0 Å². The van der Waals surface area contributed by atoms with E-state index in [4.69, 9.17) is 4.74 Å². The fraction of sp³-hybridized carbons (Fsp3) is 0.600. The van der Waals surface area contributed by atoms with Crippen molar-refractivity contribution >= 4 is 31.6 Å². The number of sulfonamides is 1. The summed E-state index contributed by atoms with van der Waals surface area (Å²) in [5.74, 6) is 1.62. The maximum Gasteiger partial charge on any atom is 0.232 e. The van der Waals surface area contributed by atoms with Crippen LogP contribution in [0.2, 0.25) is 0 Å². The van der Waals surface area contributed by atoms with Crippen LogP contribution in [-0.4, -0.2) is 20.3 Å². The highest BCUT2D eigenvalue weighted by molar-refractivity contribution is 9.10. The van der Waals surface area contributed by atoms with Crippen LogP contribution in [-0.2, 0) is 10.0 Å². The van der Waals surface area contributed by atoms with Crippen LogP contribution in [0.4, 0.5) is 5.69 Å². The summed E-state index contributed by atoms with van der Waals surface area (Å²) in [5.41, 5.74) is 0.549. The van der Waals surface area contributed by atoms with E-state index >= 15 is 0 Å². The van der Waals surface area contributed by atoms with Crippen LogP contribution in [0.3, 0.4) is 0 Å². The normalized spacial score (nSPS) is 22.8. The molecule has 1 aromatic rings. The molecular weight excluding hydrogens is 354 g/mol. The monoisotopic (exact) mass is 375 g/mol. The molecule has 1 N–H and O–H groups in total. The molecule has 1 aliphatic rings. The Bertz CT molecular complexity index is 581. The van der Waals surface area contributed by atoms with E-state index in [1.807, 2.05) is 6.07 Å². The van der Waals surface area contributed by atoms with Crippen molar-refractivity contribution in [2.45, 2.75) is 45.6 Å². The number of ether oxygens (including phenoxy) is 1. The molecule has 1 aromatic carbocycles. The second kappa shape index (κ2) is 7.01. The Hall–Kier alpha value is -0.750. The van der Waals surface area contributed by atoms with Crippen LogP contribution in [0.1, 0.15) is 39.5 Å². The lowest BCUT2D eigenvalue weighted by Crippen LogP contribution is -2.23. The van der Waals surface area contributed by atoms with Crippen LogP contribution in [0.15, 0.2) is 22.7 Å². The van der Waals surface area contributed by atoms with Crippen molar-refractivity contribution in [3.8, 4) is 5.75 Å². The number of halogens is 1. The summed E-state index contributed by atoms with van der Waals surface area (Å²) >= 11 is 3.46. The summed E-state index contributed by atoms with van der Waals surface area (Å²) in [6.45, 7) is 3.89. The molecule has 1 saturated carbocycles. The van der Waals surface area contributed by atoms with Gasteiger partial charge in [-0.25, -0.2) is 8.42 Å². The molecule has 0 atom stereocenters. The van der Waals surface area contributed by atoms with Gasteiger partial charge < -0.3 is 4.74 Å². The number of anilines is 1. The molecule has 21 heavy (non-hydrogen) atoms. The second-order valence-corrected chi connectivity index (χ2v) is 8.52. The molecule has 0 aliphatic heterocycles. The number of hydrogen-bond donors (Lipinski definition) is 1. The summed E-state index contributed by atoms with van der Waals surface area (Å²) in [6.07, 6.45) is 4.83. The molecule has 0 aromatic heterocycles. The van der Waals surface area contributed by atoms with E-state index in [-0.39, 0.29) is 11.9 Å². The molecule has 1 aliphatic carbocycles. The van der Waals surface area contributed by atoms with Crippen molar-refractivity contribution in [3.63, 3.8) is 0 Å². The van der Waals surface area contributed by atoms with Gasteiger partial charge in [-0.2, -0.15) is 0 Å². The average Bonchev–Trinajstić information content (AvgIpc) is 2.44. The molecule has 0 heterocycles. The van der Waals surface area contributed by atoms with Crippen LogP contribution in [0.5, 0.6) is 5.75 Å².